The van der Waals surface area contributed by atoms with E-state index in [-0.39, 0.29) is 0 Å². The maximum absolute atomic E-state index is 6.31. The van der Waals surface area contributed by atoms with E-state index >= 15 is 0 Å². The Hall–Kier alpha value is -0.620. The van der Waals surface area contributed by atoms with Gasteiger partial charge in [0.25, 0.3) is 0 Å². The van der Waals surface area contributed by atoms with Crippen LogP contribution in [0.2, 0.25) is 5.02 Å². The predicted molar refractivity (Wildman–Crippen MR) is 93.9 cm³/mol. The average molecular weight is 339 g/mol. The summed E-state index contributed by atoms with van der Waals surface area (Å²) in [6, 6.07) is 6.26. The number of hydrogen-bond donors (Lipinski definition) is 0. The van der Waals surface area contributed by atoms with Crippen LogP contribution in [-0.2, 0) is 0 Å². The summed E-state index contributed by atoms with van der Waals surface area (Å²) in [7, 11) is 0. The van der Waals surface area contributed by atoms with Gasteiger partial charge in [0.2, 0.25) is 0 Å². The molecule has 0 spiro atoms. The van der Waals surface area contributed by atoms with Gasteiger partial charge in [-0.2, -0.15) is 0 Å². The van der Waals surface area contributed by atoms with Gasteiger partial charge < -0.3 is 4.90 Å². The molecule has 102 valence electrons. The number of nitrogens with zero attached hydrogens (tertiary/aromatic N) is 2. The Morgan fingerprint density at radius 3 is 3.15 bits per heavy atom. The molecule has 0 fully saturated rings. The number of halogens is 1. The zero-order valence-electron chi connectivity index (χ0n) is 10.7. The molecule has 3 heterocycles. The van der Waals surface area contributed by atoms with Crippen LogP contribution in [0.3, 0.4) is 0 Å². The molecule has 20 heavy (non-hydrogen) atoms. The Kier molecular flexibility index (Phi) is 3.26. The van der Waals surface area contributed by atoms with Crippen molar-refractivity contribution < 1.29 is 0 Å². The third kappa shape index (κ3) is 1.91. The van der Waals surface area contributed by atoms with Gasteiger partial charge in [-0.1, -0.05) is 11.6 Å². The molecule has 1 aromatic carbocycles. The van der Waals surface area contributed by atoms with E-state index < -0.39 is 0 Å². The Labute approximate surface area is 134 Å². The van der Waals surface area contributed by atoms with Crippen molar-refractivity contribution in [1.82, 2.24) is 4.90 Å². The van der Waals surface area contributed by atoms with E-state index in [0.29, 0.717) is 0 Å². The molecule has 2 aliphatic rings. The highest BCUT2D eigenvalue weighted by molar-refractivity contribution is 8.30. The largest absolute Gasteiger partial charge is 0.317 e. The number of amidine groups is 1. The minimum absolute atomic E-state index is 0.799. The molecule has 2 aromatic rings. The first kappa shape index (κ1) is 13.1. The lowest BCUT2D eigenvalue weighted by atomic mass is 10.1. The number of fused-ring (bicyclic) bond motifs is 2. The Morgan fingerprint density at radius 1 is 1.40 bits per heavy atom. The molecule has 0 aliphatic carbocycles. The zero-order valence-corrected chi connectivity index (χ0v) is 13.9. The fourth-order valence-corrected chi connectivity index (χ4v) is 5.60. The van der Waals surface area contributed by atoms with Crippen LogP contribution in [0, 0.1) is 0 Å². The van der Waals surface area contributed by atoms with Crippen molar-refractivity contribution in [2.75, 3.05) is 19.3 Å². The molecule has 0 saturated heterocycles. The predicted octanol–water partition coefficient (Wildman–Crippen LogP) is 4.96. The van der Waals surface area contributed by atoms with Crippen LogP contribution in [0.4, 0.5) is 0 Å². The van der Waals surface area contributed by atoms with Crippen LogP contribution in [0.5, 0.6) is 0 Å². The van der Waals surface area contributed by atoms with Crippen LogP contribution in [0.15, 0.2) is 32.8 Å². The number of rotatable bonds is 2. The van der Waals surface area contributed by atoms with Crippen molar-refractivity contribution >= 4 is 67.4 Å². The molecule has 0 amide bonds. The SMILES string of the molecule is CSC1=C(c2cc(Cl)cc3ccsc23)N2CCN=C2S1. The molecule has 0 saturated carbocycles. The molecule has 0 unspecified atom stereocenters. The van der Waals surface area contributed by atoms with E-state index in [1.807, 2.05) is 6.07 Å². The van der Waals surface area contributed by atoms with Gasteiger partial charge >= 0.3 is 0 Å². The van der Waals surface area contributed by atoms with Gasteiger partial charge in [-0.05, 0) is 47.0 Å². The maximum atomic E-state index is 6.31. The lowest BCUT2D eigenvalue weighted by Crippen LogP contribution is -2.20. The summed E-state index contributed by atoms with van der Waals surface area (Å²) in [5, 5.41) is 5.28. The third-order valence-electron chi connectivity index (χ3n) is 3.41. The number of thioether (sulfide) groups is 2. The fourth-order valence-electron chi connectivity index (χ4n) is 2.58. The van der Waals surface area contributed by atoms with Crippen molar-refractivity contribution in [2.24, 2.45) is 4.99 Å². The minimum Gasteiger partial charge on any atom is -0.317 e. The first-order chi connectivity index (χ1) is 9.78. The second-order valence-electron chi connectivity index (χ2n) is 4.55. The number of hydrogen-bond acceptors (Lipinski definition) is 5. The summed E-state index contributed by atoms with van der Waals surface area (Å²) in [4.78, 5) is 6.92. The summed E-state index contributed by atoms with van der Waals surface area (Å²) < 4.78 is 2.63. The molecule has 0 N–H and O–H groups in total. The lowest BCUT2D eigenvalue weighted by molar-refractivity contribution is 0.650. The Morgan fingerprint density at radius 2 is 2.30 bits per heavy atom. The second-order valence-corrected chi connectivity index (χ2v) is 7.96. The van der Waals surface area contributed by atoms with Crippen LogP contribution in [0.1, 0.15) is 5.56 Å². The Balaban J connectivity index is 1.97. The highest BCUT2D eigenvalue weighted by atomic mass is 35.5. The zero-order chi connectivity index (χ0) is 13.7. The standard InChI is InChI=1S/C14H11ClN2S3/c1-18-13-11(17-4-3-16-14(17)20-13)10-7-9(15)6-8-2-5-19-12(8)10/h2,5-7H,3-4H2,1H3. The quantitative estimate of drug-likeness (QED) is 0.769. The van der Waals surface area contributed by atoms with Crippen molar-refractivity contribution in [3.63, 3.8) is 0 Å². The minimum atomic E-state index is 0.799. The van der Waals surface area contributed by atoms with Crippen molar-refractivity contribution in [3.05, 3.63) is 38.4 Å². The van der Waals surface area contributed by atoms with Gasteiger partial charge in [0, 0.05) is 21.8 Å². The monoisotopic (exact) mass is 338 g/mol. The van der Waals surface area contributed by atoms with Gasteiger partial charge in [-0.25, -0.2) is 0 Å². The van der Waals surface area contributed by atoms with Gasteiger partial charge in [-0.3, -0.25) is 4.99 Å². The molecule has 0 atom stereocenters. The van der Waals surface area contributed by atoms with E-state index in [4.69, 9.17) is 11.6 Å². The summed E-state index contributed by atoms with van der Waals surface area (Å²) in [5.74, 6) is 0. The van der Waals surface area contributed by atoms with Crippen LogP contribution in [0.25, 0.3) is 15.8 Å². The van der Waals surface area contributed by atoms with E-state index in [0.717, 1.165) is 23.3 Å². The number of benzene rings is 1. The number of aliphatic imine (C=N–C) groups is 1. The Bertz CT molecular complexity index is 763. The molecular weight excluding hydrogens is 328 g/mol. The van der Waals surface area contributed by atoms with Gasteiger partial charge in [0.05, 0.1) is 16.5 Å². The second kappa shape index (κ2) is 4.98. The van der Waals surface area contributed by atoms with Crippen LogP contribution in [-0.4, -0.2) is 29.4 Å². The van der Waals surface area contributed by atoms with Gasteiger partial charge in [0.15, 0.2) is 5.17 Å². The summed E-state index contributed by atoms with van der Waals surface area (Å²) in [5.41, 5.74) is 2.53. The molecule has 4 rings (SSSR count). The molecule has 0 bridgehead atoms. The molecule has 2 aliphatic heterocycles. The average Bonchev–Trinajstić information content (AvgIpc) is 3.11. The smallest absolute Gasteiger partial charge is 0.169 e. The molecular formula is C14H11ClN2S3. The highest BCUT2D eigenvalue weighted by Crippen LogP contribution is 2.48. The van der Waals surface area contributed by atoms with E-state index in [9.17, 15) is 0 Å². The van der Waals surface area contributed by atoms with Crippen molar-refractivity contribution in [3.8, 4) is 0 Å². The van der Waals surface area contributed by atoms with Gasteiger partial charge in [-0.15, -0.1) is 23.1 Å². The van der Waals surface area contributed by atoms with Crippen LogP contribution < -0.4 is 0 Å². The first-order valence-electron chi connectivity index (χ1n) is 6.23. The summed E-state index contributed by atoms with van der Waals surface area (Å²) in [6.45, 7) is 1.86. The normalized spacial score (nSPS) is 18.1. The molecule has 2 nitrogen and oxygen atoms in total. The highest BCUT2D eigenvalue weighted by Gasteiger charge is 2.33. The molecule has 6 heteroatoms. The maximum Gasteiger partial charge on any atom is 0.169 e. The topological polar surface area (TPSA) is 15.6 Å². The molecule has 1 aromatic heterocycles. The van der Waals surface area contributed by atoms with Crippen molar-refractivity contribution in [2.45, 2.75) is 0 Å². The lowest BCUT2D eigenvalue weighted by Gasteiger charge is -2.18. The van der Waals surface area contributed by atoms with Crippen molar-refractivity contribution in [1.29, 1.82) is 0 Å². The summed E-state index contributed by atoms with van der Waals surface area (Å²) >= 11 is 11.7. The third-order valence-corrected chi connectivity index (χ3v) is 6.81. The van der Waals surface area contributed by atoms with Gasteiger partial charge in [0.1, 0.15) is 0 Å². The number of thiophene rings is 1. The molecule has 0 radical (unpaired) electrons. The first-order valence-corrected chi connectivity index (χ1v) is 9.53. The van der Waals surface area contributed by atoms with E-state index in [1.165, 1.54) is 25.6 Å². The van der Waals surface area contributed by atoms with Crippen LogP contribution >= 0.6 is 46.5 Å². The summed E-state index contributed by atoms with van der Waals surface area (Å²) in [6.07, 6.45) is 2.13. The van der Waals surface area contributed by atoms with E-state index in [1.54, 1.807) is 34.9 Å². The fraction of sp³-hybridized carbons (Fsp3) is 0.214. The van der Waals surface area contributed by atoms with E-state index in [2.05, 4.69) is 33.7 Å².